The summed E-state index contributed by atoms with van der Waals surface area (Å²) in [5.41, 5.74) is 1.85. The molecule has 0 saturated heterocycles. The lowest BCUT2D eigenvalue weighted by atomic mass is 9.77. The zero-order valence-electron chi connectivity index (χ0n) is 13.4. The Balaban J connectivity index is 2.40. The Morgan fingerprint density at radius 3 is 2.21 bits per heavy atom. The molecular formula is C18H31N. The maximum atomic E-state index is 3.60. The van der Waals surface area contributed by atoms with Crippen molar-refractivity contribution in [2.75, 3.05) is 6.54 Å². The molecule has 0 heterocycles. The molecule has 0 amide bonds. The van der Waals surface area contributed by atoms with Crippen LogP contribution in [-0.2, 0) is 6.42 Å². The average Bonchev–Trinajstić information content (AvgIpc) is 2.33. The summed E-state index contributed by atoms with van der Waals surface area (Å²) < 4.78 is 0. The van der Waals surface area contributed by atoms with Crippen LogP contribution in [0.2, 0.25) is 0 Å². The van der Waals surface area contributed by atoms with Crippen molar-refractivity contribution < 1.29 is 0 Å². The minimum absolute atomic E-state index is 0.387. The van der Waals surface area contributed by atoms with Crippen molar-refractivity contribution in [1.29, 1.82) is 0 Å². The predicted molar refractivity (Wildman–Crippen MR) is 85.5 cm³/mol. The quantitative estimate of drug-likeness (QED) is 0.752. The van der Waals surface area contributed by atoms with Crippen LogP contribution in [0.3, 0.4) is 0 Å². The monoisotopic (exact) mass is 261 g/mol. The number of benzene rings is 1. The van der Waals surface area contributed by atoms with Crippen LogP contribution in [0.5, 0.6) is 0 Å². The van der Waals surface area contributed by atoms with E-state index in [-0.39, 0.29) is 0 Å². The van der Waals surface area contributed by atoms with Crippen LogP contribution in [-0.4, -0.2) is 12.6 Å². The van der Waals surface area contributed by atoms with Gasteiger partial charge >= 0.3 is 0 Å². The summed E-state index contributed by atoms with van der Waals surface area (Å²) >= 11 is 0. The van der Waals surface area contributed by atoms with Gasteiger partial charge in [-0.3, -0.25) is 0 Å². The number of hydrogen-bond acceptors (Lipinski definition) is 1. The van der Waals surface area contributed by atoms with Crippen LogP contribution < -0.4 is 5.32 Å². The minimum Gasteiger partial charge on any atom is -0.314 e. The van der Waals surface area contributed by atoms with Gasteiger partial charge in [-0.1, -0.05) is 65.0 Å². The lowest BCUT2D eigenvalue weighted by molar-refractivity contribution is 0.211. The largest absolute Gasteiger partial charge is 0.314 e. The average molecular weight is 261 g/mol. The van der Waals surface area contributed by atoms with Gasteiger partial charge < -0.3 is 5.32 Å². The fraction of sp³-hybridized carbons (Fsp3) is 0.667. The lowest BCUT2D eigenvalue weighted by Gasteiger charge is -2.32. The highest BCUT2D eigenvalue weighted by Crippen LogP contribution is 2.29. The van der Waals surface area contributed by atoms with Crippen molar-refractivity contribution in [1.82, 2.24) is 5.32 Å². The van der Waals surface area contributed by atoms with Gasteiger partial charge in [0.25, 0.3) is 0 Å². The lowest BCUT2D eigenvalue weighted by Crippen LogP contribution is -2.35. The van der Waals surface area contributed by atoms with E-state index in [4.69, 9.17) is 0 Å². The van der Waals surface area contributed by atoms with E-state index in [1.165, 1.54) is 24.8 Å². The Hall–Kier alpha value is -0.820. The van der Waals surface area contributed by atoms with Crippen LogP contribution in [0.1, 0.15) is 53.0 Å². The normalized spacial score (nSPS) is 13.8. The summed E-state index contributed by atoms with van der Waals surface area (Å²) in [6.45, 7) is 12.7. The fourth-order valence-electron chi connectivity index (χ4n) is 2.42. The Morgan fingerprint density at radius 2 is 1.68 bits per heavy atom. The third-order valence-electron chi connectivity index (χ3n) is 3.86. The first-order chi connectivity index (χ1) is 8.89. The van der Waals surface area contributed by atoms with Gasteiger partial charge in [0, 0.05) is 6.04 Å². The third kappa shape index (κ3) is 6.77. The molecule has 0 aliphatic rings. The SMILES string of the molecule is CC(C)NCC(CCCc1ccccc1)C(C)(C)C. The maximum Gasteiger partial charge on any atom is 0.00104 e. The van der Waals surface area contributed by atoms with Gasteiger partial charge in [-0.2, -0.15) is 0 Å². The van der Waals surface area contributed by atoms with E-state index in [0.29, 0.717) is 11.5 Å². The molecule has 108 valence electrons. The third-order valence-corrected chi connectivity index (χ3v) is 3.86. The van der Waals surface area contributed by atoms with E-state index in [9.17, 15) is 0 Å². The molecule has 0 aromatic heterocycles. The Bertz CT molecular complexity index is 334. The molecule has 0 bridgehead atoms. The van der Waals surface area contributed by atoms with Gasteiger partial charge in [0.2, 0.25) is 0 Å². The second-order valence-electron chi connectivity index (χ2n) is 7.00. The van der Waals surface area contributed by atoms with E-state index >= 15 is 0 Å². The number of aryl methyl sites for hydroxylation is 1. The first-order valence-electron chi connectivity index (χ1n) is 7.67. The van der Waals surface area contributed by atoms with Gasteiger partial charge in [-0.05, 0) is 42.7 Å². The summed E-state index contributed by atoms with van der Waals surface area (Å²) in [5.74, 6) is 0.749. The zero-order valence-corrected chi connectivity index (χ0v) is 13.4. The molecule has 0 aliphatic carbocycles. The molecule has 0 saturated carbocycles. The molecule has 0 aliphatic heterocycles. The Morgan fingerprint density at radius 1 is 1.05 bits per heavy atom. The maximum absolute atomic E-state index is 3.60. The molecule has 1 heteroatoms. The number of rotatable bonds is 7. The number of nitrogens with one attached hydrogen (secondary N) is 1. The van der Waals surface area contributed by atoms with Crippen LogP contribution in [0.25, 0.3) is 0 Å². The molecule has 1 unspecified atom stereocenters. The van der Waals surface area contributed by atoms with Crippen molar-refractivity contribution in [2.24, 2.45) is 11.3 Å². The van der Waals surface area contributed by atoms with Crippen molar-refractivity contribution in [3.8, 4) is 0 Å². The van der Waals surface area contributed by atoms with E-state index in [1.54, 1.807) is 0 Å². The molecule has 1 aromatic carbocycles. The van der Waals surface area contributed by atoms with Gasteiger partial charge in [0.15, 0.2) is 0 Å². The van der Waals surface area contributed by atoms with Crippen molar-refractivity contribution >= 4 is 0 Å². The van der Waals surface area contributed by atoms with Gasteiger partial charge in [-0.25, -0.2) is 0 Å². The van der Waals surface area contributed by atoms with E-state index < -0.39 is 0 Å². The van der Waals surface area contributed by atoms with Crippen molar-refractivity contribution in [3.63, 3.8) is 0 Å². The van der Waals surface area contributed by atoms with E-state index in [2.05, 4.69) is 70.3 Å². The molecule has 19 heavy (non-hydrogen) atoms. The topological polar surface area (TPSA) is 12.0 Å². The smallest absolute Gasteiger partial charge is 0.00104 e. The molecule has 0 fully saturated rings. The standard InChI is InChI=1S/C18H31N/c1-15(2)19-14-17(18(3,4)5)13-9-12-16-10-7-6-8-11-16/h6-8,10-11,15,17,19H,9,12-14H2,1-5H3. The first kappa shape index (κ1) is 16.2. The molecule has 0 spiro atoms. The highest BCUT2D eigenvalue weighted by molar-refractivity contribution is 5.14. The Labute approximate surface area is 119 Å². The van der Waals surface area contributed by atoms with Crippen LogP contribution in [0.15, 0.2) is 30.3 Å². The van der Waals surface area contributed by atoms with Gasteiger partial charge in [0.05, 0.1) is 0 Å². The molecule has 1 N–H and O–H groups in total. The van der Waals surface area contributed by atoms with Crippen molar-refractivity contribution in [3.05, 3.63) is 35.9 Å². The summed E-state index contributed by atoms with van der Waals surface area (Å²) in [4.78, 5) is 0. The van der Waals surface area contributed by atoms with Crippen LogP contribution in [0, 0.1) is 11.3 Å². The second kappa shape index (κ2) is 7.69. The van der Waals surface area contributed by atoms with Crippen molar-refractivity contribution in [2.45, 2.75) is 59.9 Å². The van der Waals surface area contributed by atoms with Gasteiger partial charge in [0.1, 0.15) is 0 Å². The molecule has 1 atom stereocenters. The molecular weight excluding hydrogens is 230 g/mol. The predicted octanol–water partition coefficient (Wildman–Crippen LogP) is 4.67. The summed E-state index contributed by atoms with van der Waals surface area (Å²) in [6.07, 6.45) is 3.79. The summed E-state index contributed by atoms with van der Waals surface area (Å²) in [7, 11) is 0. The van der Waals surface area contributed by atoms with Crippen LogP contribution >= 0.6 is 0 Å². The second-order valence-corrected chi connectivity index (χ2v) is 7.00. The highest BCUT2D eigenvalue weighted by Gasteiger charge is 2.23. The molecule has 1 rings (SSSR count). The van der Waals surface area contributed by atoms with Gasteiger partial charge in [-0.15, -0.1) is 0 Å². The first-order valence-corrected chi connectivity index (χ1v) is 7.67. The van der Waals surface area contributed by atoms with Crippen LogP contribution in [0.4, 0.5) is 0 Å². The molecule has 1 aromatic rings. The fourth-order valence-corrected chi connectivity index (χ4v) is 2.42. The molecule has 0 radical (unpaired) electrons. The minimum atomic E-state index is 0.387. The zero-order chi connectivity index (χ0) is 14.3. The number of hydrogen-bond donors (Lipinski definition) is 1. The van der Waals surface area contributed by atoms with E-state index in [1.807, 2.05) is 0 Å². The summed E-state index contributed by atoms with van der Waals surface area (Å²) in [6, 6.07) is 11.4. The molecule has 1 nitrogen and oxygen atoms in total. The highest BCUT2D eigenvalue weighted by atomic mass is 14.9. The van der Waals surface area contributed by atoms with E-state index in [0.717, 1.165) is 12.5 Å². The Kier molecular flexibility index (Phi) is 6.57. The summed E-state index contributed by atoms with van der Waals surface area (Å²) in [5, 5.41) is 3.60.